The standard InChI is InChI=1S/C27H26FNS/c1-19-24(14-15-29-18-21-6-4-3-5-7-21)27-17-22(28)10-13-25(27)26(19)16-20-8-11-23(30-2)12-9-20/h3-13,16-17,29H,14-15,18H2,1-2H3/b26-16+. The van der Waals surface area contributed by atoms with Gasteiger partial charge in [0, 0.05) is 11.4 Å². The van der Waals surface area contributed by atoms with Crippen molar-refractivity contribution in [3.63, 3.8) is 0 Å². The van der Waals surface area contributed by atoms with Crippen LogP contribution in [0.2, 0.25) is 0 Å². The molecule has 3 aromatic carbocycles. The zero-order valence-electron chi connectivity index (χ0n) is 17.4. The molecular weight excluding hydrogens is 389 g/mol. The minimum Gasteiger partial charge on any atom is -0.312 e. The first-order chi connectivity index (χ1) is 14.7. The molecule has 3 heteroatoms. The molecule has 0 unspecified atom stereocenters. The Labute approximate surface area is 182 Å². The second-order valence-electron chi connectivity index (χ2n) is 7.54. The molecule has 1 N–H and O–H groups in total. The second-order valence-corrected chi connectivity index (χ2v) is 8.42. The summed E-state index contributed by atoms with van der Waals surface area (Å²) in [6.45, 7) is 3.85. The van der Waals surface area contributed by atoms with Crippen molar-refractivity contribution in [2.75, 3.05) is 12.8 Å². The fourth-order valence-corrected chi connectivity index (χ4v) is 4.39. The van der Waals surface area contributed by atoms with E-state index in [0.717, 1.165) is 30.6 Å². The number of hydrogen-bond donors (Lipinski definition) is 1. The Morgan fingerprint density at radius 1 is 0.933 bits per heavy atom. The topological polar surface area (TPSA) is 12.0 Å². The van der Waals surface area contributed by atoms with E-state index in [1.807, 2.05) is 12.1 Å². The number of nitrogens with one attached hydrogen (secondary N) is 1. The summed E-state index contributed by atoms with van der Waals surface area (Å²) in [6, 6.07) is 24.1. The highest BCUT2D eigenvalue weighted by molar-refractivity contribution is 7.98. The van der Waals surface area contributed by atoms with Gasteiger partial charge in [0.2, 0.25) is 0 Å². The van der Waals surface area contributed by atoms with Crippen LogP contribution in [-0.4, -0.2) is 12.8 Å². The molecule has 0 radical (unpaired) electrons. The molecule has 1 aliphatic rings. The predicted octanol–water partition coefficient (Wildman–Crippen LogP) is 7.06. The van der Waals surface area contributed by atoms with Crippen molar-refractivity contribution >= 4 is 29.0 Å². The highest BCUT2D eigenvalue weighted by Gasteiger charge is 2.23. The van der Waals surface area contributed by atoms with Crippen molar-refractivity contribution < 1.29 is 4.39 Å². The van der Waals surface area contributed by atoms with Crippen LogP contribution in [0.15, 0.2) is 83.3 Å². The van der Waals surface area contributed by atoms with Gasteiger partial charge >= 0.3 is 0 Å². The maximum Gasteiger partial charge on any atom is 0.123 e. The van der Waals surface area contributed by atoms with Gasteiger partial charge in [0.1, 0.15) is 5.82 Å². The van der Waals surface area contributed by atoms with E-state index < -0.39 is 0 Å². The molecule has 0 saturated heterocycles. The maximum absolute atomic E-state index is 14.0. The van der Waals surface area contributed by atoms with Gasteiger partial charge in [0.05, 0.1) is 0 Å². The molecule has 0 saturated carbocycles. The van der Waals surface area contributed by atoms with Crippen LogP contribution in [0.5, 0.6) is 0 Å². The summed E-state index contributed by atoms with van der Waals surface area (Å²) < 4.78 is 14.0. The summed E-state index contributed by atoms with van der Waals surface area (Å²) in [6.07, 6.45) is 5.18. The van der Waals surface area contributed by atoms with Crippen LogP contribution < -0.4 is 5.32 Å². The van der Waals surface area contributed by atoms with Crippen molar-refractivity contribution in [3.8, 4) is 0 Å². The van der Waals surface area contributed by atoms with E-state index >= 15 is 0 Å². The van der Waals surface area contributed by atoms with Gasteiger partial charge in [-0.15, -0.1) is 11.8 Å². The van der Waals surface area contributed by atoms with E-state index in [4.69, 9.17) is 0 Å². The summed E-state index contributed by atoms with van der Waals surface area (Å²) in [7, 11) is 0. The van der Waals surface area contributed by atoms with E-state index in [9.17, 15) is 4.39 Å². The van der Waals surface area contributed by atoms with E-state index in [0.29, 0.717) is 0 Å². The first kappa shape index (κ1) is 20.6. The molecule has 0 heterocycles. The summed E-state index contributed by atoms with van der Waals surface area (Å²) in [4.78, 5) is 1.25. The molecule has 0 aromatic heterocycles. The number of hydrogen-bond acceptors (Lipinski definition) is 2. The fraction of sp³-hybridized carbons (Fsp3) is 0.185. The van der Waals surface area contributed by atoms with E-state index in [-0.39, 0.29) is 5.82 Å². The SMILES string of the molecule is CSc1ccc(/C=C2\C(C)=C(CCNCc3ccccc3)c3cc(F)ccc32)cc1. The van der Waals surface area contributed by atoms with E-state index in [1.54, 1.807) is 23.9 Å². The highest BCUT2D eigenvalue weighted by Crippen LogP contribution is 2.43. The molecule has 0 aliphatic heterocycles. The summed E-state index contributed by atoms with van der Waals surface area (Å²) in [5.74, 6) is -0.179. The van der Waals surface area contributed by atoms with Gasteiger partial charge in [-0.3, -0.25) is 0 Å². The predicted molar refractivity (Wildman–Crippen MR) is 128 cm³/mol. The van der Waals surface area contributed by atoms with Crippen molar-refractivity contribution in [1.82, 2.24) is 5.32 Å². The van der Waals surface area contributed by atoms with Crippen molar-refractivity contribution in [3.05, 3.63) is 106 Å². The monoisotopic (exact) mass is 415 g/mol. The molecule has 0 fully saturated rings. The fourth-order valence-electron chi connectivity index (χ4n) is 3.98. The lowest BCUT2D eigenvalue weighted by Gasteiger charge is -2.08. The van der Waals surface area contributed by atoms with E-state index in [1.165, 1.54) is 32.7 Å². The van der Waals surface area contributed by atoms with Crippen LogP contribution in [0.25, 0.3) is 17.2 Å². The molecule has 4 rings (SSSR count). The molecule has 3 aromatic rings. The average Bonchev–Trinajstić information content (AvgIpc) is 3.03. The summed E-state index contributed by atoms with van der Waals surface area (Å²) in [5.41, 5.74) is 8.26. The minimum absolute atomic E-state index is 0.179. The summed E-state index contributed by atoms with van der Waals surface area (Å²) >= 11 is 1.74. The normalized spacial score (nSPS) is 14.4. The summed E-state index contributed by atoms with van der Waals surface area (Å²) in [5, 5.41) is 3.52. The van der Waals surface area contributed by atoms with Gasteiger partial charge in [-0.25, -0.2) is 4.39 Å². The Kier molecular flexibility index (Phi) is 6.51. The number of allylic oxidation sites excluding steroid dienone is 2. The van der Waals surface area contributed by atoms with Crippen LogP contribution in [0.1, 0.15) is 35.6 Å². The minimum atomic E-state index is -0.179. The Morgan fingerprint density at radius 2 is 1.70 bits per heavy atom. The van der Waals surface area contributed by atoms with Crippen LogP contribution in [0.3, 0.4) is 0 Å². The van der Waals surface area contributed by atoms with Gasteiger partial charge in [-0.2, -0.15) is 0 Å². The Bertz CT molecular complexity index is 1080. The van der Waals surface area contributed by atoms with Gasteiger partial charge in [0.25, 0.3) is 0 Å². The van der Waals surface area contributed by atoms with Crippen molar-refractivity contribution in [2.45, 2.75) is 24.8 Å². The smallest absolute Gasteiger partial charge is 0.123 e. The van der Waals surface area contributed by atoms with Crippen LogP contribution in [0.4, 0.5) is 4.39 Å². The van der Waals surface area contributed by atoms with Gasteiger partial charge < -0.3 is 5.32 Å². The Balaban J connectivity index is 1.56. The maximum atomic E-state index is 14.0. The van der Waals surface area contributed by atoms with Crippen LogP contribution in [0, 0.1) is 5.82 Å². The first-order valence-electron chi connectivity index (χ1n) is 10.3. The molecule has 0 amide bonds. The first-order valence-corrected chi connectivity index (χ1v) is 11.5. The number of fused-ring (bicyclic) bond motifs is 1. The quantitative estimate of drug-likeness (QED) is 0.328. The van der Waals surface area contributed by atoms with Crippen LogP contribution in [-0.2, 0) is 6.54 Å². The average molecular weight is 416 g/mol. The molecule has 30 heavy (non-hydrogen) atoms. The molecule has 0 bridgehead atoms. The highest BCUT2D eigenvalue weighted by atomic mass is 32.2. The molecule has 1 nitrogen and oxygen atoms in total. The van der Waals surface area contributed by atoms with Crippen molar-refractivity contribution in [1.29, 1.82) is 0 Å². The number of benzene rings is 3. The largest absolute Gasteiger partial charge is 0.312 e. The number of thioether (sulfide) groups is 1. The third-order valence-corrected chi connectivity index (χ3v) is 6.35. The van der Waals surface area contributed by atoms with Crippen molar-refractivity contribution in [2.24, 2.45) is 0 Å². The molecule has 0 atom stereocenters. The third kappa shape index (κ3) is 4.58. The van der Waals surface area contributed by atoms with E-state index in [2.05, 4.69) is 73.1 Å². The third-order valence-electron chi connectivity index (χ3n) is 5.60. The Morgan fingerprint density at radius 3 is 2.43 bits per heavy atom. The van der Waals surface area contributed by atoms with Gasteiger partial charge in [-0.05, 0) is 95.5 Å². The lowest BCUT2D eigenvalue weighted by atomic mass is 10.0. The lowest BCUT2D eigenvalue weighted by molar-refractivity contribution is 0.627. The lowest BCUT2D eigenvalue weighted by Crippen LogP contribution is -2.15. The number of rotatable bonds is 7. The molecular formula is C27H26FNS. The molecule has 152 valence electrons. The van der Waals surface area contributed by atoms with Crippen LogP contribution >= 0.6 is 11.8 Å². The zero-order chi connectivity index (χ0) is 20.9. The molecule has 0 spiro atoms. The zero-order valence-corrected chi connectivity index (χ0v) is 18.2. The molecule has 1 aliphatic carbocycles. The van der Waals surface area contributed by atoms with Gasteiger partial charge in [-0.1, -0.05) is 48.5 Å². The Hall–Kier alpha value is -2.62. The number of halogens is 1. The second kappa shape index (κ2) is 9.46. The van der Waals surface area contributed by atoms with Gasteiger partial charge in [0.15, 0.2) is 0 Å².